The largest absolute Gasteiger partial charge is 0.340 e. The van der Waals surface area contributed by atoms with Gasteiger partial charge >= 0.3 is 0 Å². The van der Waals surface area contributed by atoms with Crippen LogP contribution in [-0.2, 0) is 0 Å². The number of halogens is 1. The van der Waals surface area contributed by atoms with Gasteiger partial charge in [-0.2, -0.15) is 4.98 Å². The van der Waals surface area contributed by atoms with Gasteiger partial charge in [0.05, 0.1) is 10.6 Å². The first-order valence-corrected chi connectivity index (χ1v) is 8.23. The lowest BCUT2D eigenvalue weighted by Crippen LogP contribution is -2.32. The minimum atomic E-state index is -0.429. The Kier molecular flexibility index (Phi) is 5.09. The van der Waals surface area contributed by atoms with Gasteiger partial charge in [-0.25, -0.2) is 0 Å². The molecule has 0 spiro atoms. The van der Waals surface area contributed by atoms with Gasteiger partial charge in [0.15, 0.2) is 0 Å². The Morgan fingerprint density at radius 2 is 2.00 bits per heavy atom. The molecule has 128 valence electrons. The van der Waals surface area contributed by atoms with E-state index in [-0.39, 0.29) is 11.8 Å². The third kappa shape index (κ3) is 3.85. The summed E-state index contributed by atoms with van der Waals surface area (Å²) in [5.41, 5.74) is 1.15. The topological polar surface area (TPSA) is 80.9 Å². The first-order chi connectivity index (χ1) is 12.1. The second-order valence-electron chi connectivity index (χ2n) is 5.87. The van der Waals surface area contributed by atoms with Gasteiger partial charge in [0.1, 0.15) is 6.04 Å². The molecule has 3 rings (SSSR count). The standard InChI is InChI=1S/C18H17ClN4O2/c1-11(2)15(21-17(24)13-7-3-4-8-14(13)19)18-22-16(23-25-18)12-6-5-9-20-10-12/h3-11,15H,1-2H3,(H,21,24)/t15-/m1/s1. The Morgan fingerprint density at radius 3 is 2.68 bits per heavy atom. The zero-order valence-electron chi connectivity index (χ0n) is 13.8. The van der Waals surface area contributed by atoms with Crippen LogP contribution < -0.4 is 5.32 Å². The molecule has 0 fully saturated rings. The molecular weight excluding hydrogens is 340 g/mol. The third-order valence-corrected chi connectivity index (χ3v) is 4.03. The van der Waals surface area contributed by atoms with Crippen molar-refractivity contribution in [3.63, 3.8) is 0 Å². The highest BCUT2D eigenvalue weighted by Crippen LogP contribution is 2.24. The maximum Gasteiger partial charge on any atom is 0.253 e. The van der Waals surface area contributed by atoms with Crippen LogP contribution in [0.25, 0.3) is 11.4 Å². The van der Waals surface area contributed by atoms with Crippen molar-refractivity contribution in [3.05, 3.63) is 65.3 Å². The molecule has 0 aliphatic carbocycles. The average Bonchev–Trinajstić information content (AvgIpc) is 3.10. The van der Waals surface area contributed by atoms with Crippen molar-refractivity contribution >= 4 is 17.5 Å². The highest BCUT2D eigenvalue weighted by atomic mass is 35.5. The van der Waals surface area contributed by atoms with Gasteiger partial charge in [0.2, 0.25) is 11.7 Å². The molecule has 0 saturated carbocycles. The molecule has 0 aliphatic rings. The van der Waals surface area contributed by atoms with Crippen LogP contribution in [-0.4, -0.2) is 21.0 Å². The van der Waals surface area contributed by atoms with Gasteiger partial charge in [-0.1, -0.05) is 42.7 Å². The number of nitrogens with one attached hydrogen (secondary N) is 1. The number of pyridine rings is 1. The van der Waals surface area contributed by atoms with Gasteiger partial charge in [-0.3, -0.25) is 9.78 Å². The molecule has 0 bridgehead atoms. The monoisotopic (exact) mass is 356 g/mol. The molecule has 3 aromatic rings. The Hall–Kier alpha value is -2.73. The summed E-state index contributed by atoms with van der Waals surface area (Å²) in [7, 11) is 0. The van der Waals surface area contributed by atoms with Crippen LogP contribution in [0.2, 0.25) is 5.02 Å². The molecule has 1 aromatic carbocycles. The normalized spacial score (nSPS) is 12.2. The van der Waals surface area contributed by atoms with E-state index in [1.165, 1.54) is 0 Å². The number of rotatable bonds is 5. The molecule has 2 heterocycles. The minimum absolute atomic E-state index is 0.0497. The lowest BCUT2D eigenvalue weighted by Gasteiger charge is -2.18. The van der Waals surface area contributed by atoms with Crippen molar-refractivity contribution in [1.29, 1.82) is 0 Å². The molecule has 0 saturated heterocycles. The Balaban J connectivity index is 1.84. The Labute approximate surface area is 150 Å². The predicted octanol–water partition coefficient (Wildman–Crippen LogP) is 3.91. The highest BCUT2D eigenvalue weighted by Gasteiger charge is 2.26. The molecule has 6 nitrogen and oxygen atoms in total. The first kappa shape index (κ1) is 17.1. The van der Waals surface area contributed by atoms with Crippen LogP contribution in [0.1, 0.15) is 36.1 Å². The van der Waals surface area contributed by atoms with E-state index in [0.29, 0.717) is 22.3 Å². The van der Waals surface area contributed by atoms with Crippen LogP contribution in [0, 0.1) is 5.92 Å². The molecular formula is C18H17ClN4O2. The summed E-state index contributed by atoms with van der Waals surface area (Å²) in [6, 6.07) is 10.1. The van der Waals surface area contributed by atoms with Crippen molar-refractivity contribution in [2.24, 2.45) is 5.92 Å². The van der Waals surface area contributed by atoms with E-state index in [2.05, 4.69) is 20.4 Å². The van der Waals surface area contributed by atoms with E-state index in [4.69, 9.17) is 16.1 Å². The minimum Gasteiger partial charge on any atom is -0.340 e. The highest BCUT2D eigenvalue weighted by molar-refractivity contribution is 6.33. The summed E-state index contributed by atoms with van der Waals surface area (Å²) in [5.74, 6) is 0.536. The molecule has 25 heavy (non-hydrogen) atoms. The summed E-state index contributed by atoms with van der Waals surface area (Å²) >= 11 is 6.09. The number of carbonyl (C=O) groups excluding carboxylic acids is 1. The van der Waals surface area contributed by atoms with Crippen LogP contribution in [0.15, 0.2) is 53.3 Å². The van der Waals surface area contributed by atoms with E-state index in [0.717, 1.165) is 5.56 Å². The van der Waals surface area contributed by atoms with Crippen molar-refractivity contribution in [1.82, 2.24) is 20.4 Å². The van der Waals surface area contributed by atoms with E-state index in [1.807, 2.05) is 19.9 Å². The summed E-state index contributed by atoms with van der Waals surface area (Å²) in [4.78, 5) is 21.0. The fourth-order valence-corrected chi connectivity index (χ4v) is 2.57. The molecule has 7 heteroatoms. The number of aromatic nitrogens is 3. The summed E-state index contributed by atoms with van der Waals surface area (Å²) in [6.45, 7) is 3.93. The van der Waals surface area contributed by atoms with Crippen molar-refractivity contribution < 1.29 is 9.32 Å². The second-order valence-corrected chi connectivity index (χ2v) is 6.28. The Bertz CT molecular complexity index is 864. The van der Waals surface area contributed by atoms with Gasteiger partial charge in [-0.15, -0.1) is 0 Å². The van der Waals surface area contributed by atoms with Crippen LogP contribution in [0.5, 0.6) is 0 Å². The maximum atomic E-state index is 12.5. The number of amides is 1. The summed E-state index contributed by atoms with van der Waals surface area (Å²) in [5, 5.41) is 7.30. The fourth-order valence-electron chi connectivity index (χ4n) is 2.35. The Morgan fingerprint density at radius 1 is 1.20 bits per heavy atom. The van der Waals surface area contributed by atoms with Gasteiger partial charge in [-0.05, 0) is 30.2 Å². The molecule has 0 unspecified atom stereocenters. The number of hydrogen-bond donors (Lipinski definition) is 1. The smallest absolute Gasteiger partial charge is 0.253 e. The summed E-state index contributed by atoms with van der Waals surface area (Å²) in [6.07, 6.45) is 3.33. The molecule has 2 aromatic heterocycles. The number of hydrogen-bond acceptors (Lipinski definition) is 5. The number of benzene rings is 1. The van der Waals surface area contributed by atoms with E-state index >= 15 is 0 Å². The third-order valence-electron chi connectivity index (χ3n) is 3.70. The van der Waals surface area contributed by atoms with Crippen molar-refractivity contribution in [2.75, 3.05) is 0 Å². The lowest BCUT2D eigenvalue weighted by molar-refractivity contribution is 0.0914. The molecule has 1 amide bonds. The quantitative estimate of drug-likeness (QED) is 0.749. The van der Waals surface area contributed by atoms with Crippen LogP contribution in [0.4, 0.5) is 0 Å². The maximum absolute atomic E-state index is 12.5. The van der Waals surface area contributed by atoms with Crippen molar-refractivity contribution in [2.45, 2.75) is 19.9 Å². The first-order valence-electron chi connectivity index (χ1n) is 7.85. The number of nitrogens with zero attached hydrogens (tertiary/aromatic N) is 3. The lowest BCUT2D eigenvalue weighted by atomic mass is 10.0. The van der Waals surface area contributed by atoms with E-state index in [1.54, 1.807) is 42.7 Å². The SMILES string of the molecule is CC(C)[C@@H](NC(=O)c1ccccc1Cl)c1nc(-c2cccnc2)no1. The fraction of sp³-hybridized carbons (Fsp3) is 0.222. The van der Waals surface area contributed by atoms with Gasteiger partial charge < -0.3 is 9.84 Å². The van der Waals surface area contributed by atoms with Crippen LogP contribution in [0.3, 0.4) is 0 Å². The second kappa shape index (κ2) is 7.44. The molecule has 0 radical (unpaired) electrons. The van der Waals surface area contributed by atoms with Crippen molar-refractivity contribution in [3.8, 4) is 11.4 Å². The van der Waals surface area contributed by atoms with Gasteiger partial charge in [0, 0.05) is 18.0 Å². The van der Waals surface area contributed by atoms with E-state index in [9.17, 15) is 4.79 Å². The zero-order valence-corrected chi connectivity index (χ0v) is 14.6. The van der Waals surface area contributed by atoms with Gasteiger partial charge in [0.25, 0.3) is 5.91 Å². The predicted molar refractivity (Wildman–Crippen MR) is 94.0 cm³/mol. The molecule has 1 atom stereocenters. The summed E-state index contributed by atoms with van der Waals surface area (Å²) < 4.78 is 5.37. The molecule has 0 aliphatic heterocycles. The molecule has 1 N–H and O–H groups in total. The average molecular weight is 357 g/mol. The number of carbonyl (C=O) groups is 1. The van der Waals surface area contributed by atoms with E-state index < -0.39 is 6.04 Å². The van der Waals surface area contributed by atoms with Crippen LogP contribution >= 0.6 is 11.6 Å². The zero-order chi connectivity index (χ0) is 17.8.